The first-order chi connectivity index (χ1) is 9.25. The second kappa shape index (κ2) is 4.92. The zero-order valence-electron chi connectivity index (χ0n) is 10.7. The summed E-state index contributed by atoms with van der Waals surface area (Å²) in [5.41, 5.74) is 4.58. The monoisotopic (exact) mass is 247 g/mol. The molecule has 3 rings (SSSR count). The summed E-state index contributed by atoms with van der Waals surface area (Å²) in [6.07, 6.45) is 1.93. The average molecular weight is 247 g/mol. The largest absolute Gasteiger partial charge is 0.318 e. The molecule has 0 aliphatic carbocycles. The molecule has 0 spiro atoms. The molecule has 0 unspecified atom stereocenters. The summed E-state index contributed by atoms with van der Waals surface area (Å²) < 4.78 is 0. The van der Waals surface area contributed by atoms with Crippen LogP contribution in [-0.4, -0.2) is 13.7 Å². The number of nitrogens with zero attached hydrogens (tertiary/aromatic N) is 1. The molecule has 0 saturated carbocycles. The standard InChI is InChI=1S/C16H14BNO/c17-16(19)18-11-14-7-2-1-5-12(14)9-10-13-6-3-4-8-15(13)18/h1-8H,9-11H2. The van der Waals surface area contributed by atoms with E-state index in [-0.39, 0.29) is 0 Å². The summed E-state index contributed by atoms with van der Waals surface area (Å²) >= 11 is 0. The Bertz CT molecular complexity index is 624. The Kier molecular flexibility index (Phi) is 3.12. The first kappa shape index (κ1) is 12.0. The van der Waals surface area contributed by atoms with E-state index in [4.69, 9.17) is 7.85 Å². The molecule has 0 atom stereocenters. The van der Waals surface area contributed by atoms with Gasteiger partial charge in [-0.2, -0.15) is 0 Å². The maximum absolute atomic E-state index is 11.7. The Labute approximate surface area is 114 Å². The molecule has 0 aromatic heterocycles. The lowest BCUT2D eigenvalue weighted by molar-refractivity contribution is 0.263. The van der Waals surface area contributed by atoms with Crippen molar-refractivity contribution in [1.29, 1.82) is 0 Å². The normalized spacial score (nSPS) is 14.0. The zero-order valence-corrected chi connectivity index (χ0v) is 10.7. The van der Waals surface area contributed by atoms with Crippen molar-refractivity contribution in [3.05, 3.63) is 65.2 Å². The number of aryl methyl sites for hydroxylation is 2. The van der Waals surface area contributed by atoms with Gasteiger partial charge in [0.1, 0.15) is 0 Å². The second-order valence-corrected chi connectivity index (χ2v) is 4.82. The van der Waals surface area contributed by atoms with Crippen molar-refractivity contribution in [2.24, 2.45) is 0 Å². The summed E-state index contributed by atoms with van der Waals surface area (Å²) in [5, 5.41) is 0. The van der Waals surface area contributed by atoms with Crippen molar-refractivity contribution in [3.8, 4) is 0 Å². The Morgan fingerprint density at radius 2 is 1.47 bits per heavy atom. The van der Waals surface area contributed by atoms with Crippen LogP contribution in [0.4, 0.5) is 10.5 Å². The molecule has 0 saturated heterocycles. The summed E-state index contributed by atoms with van der Waals surface area (Å²) in [7, 11) is 5.55. The van der Waals surface area contributed by atoms with Crippen LogP contribution in [0.3, 0.4) is 0 Å². The predicted octanol–water partition coefficient (Wildman–Crippen LogP) is 3.08. The Hall–Kier alpha value is -2.03. The van der Waals surface area contributed by atoms with E-state index in [1.807, 2.05) is 30.3 Å². The highest BCUT2D eigenvalue weighted by atomic mass is 16.1. The summed E-state index contributed by atoms with van der Waals surface area (Å²) in [6, 6.07) is 16.2. The number of fused-ring (bicyclic) bond motifs is 2. The number of benzene rings is 2. The molecule has 1 aliphatic heterocycles. The lowest BCUT2D eigenvalue weighted by Crippen LogP contribution is -2.31. The van der Waals surface area contributed by atoms with E-state index in [1.165, 1.54) is 16.7 Å². The molecule has 3 heteroatoms. The van der Waals surface area contributed by atoms with Gasteiger partial charge in [-0.05, 0) is 35.6 Å². The van der Waals surface area contributed by atoms with Crippen LogP contribution >= 0.6 is 0 Å². The number of para-hydroxylation sites is 1. The highest BCUT2D eigenvalue weighted by Gasteiger charge is 2.19. The molecular weight excluding hydrogens is 233 g/mol. The Morgan fingerprint density at radius 1 is 0.895 bits per heavy atom. The Balaban J connectivity index is 2.09. The minimum absolute atomic E-state index is 0.399. The molecule has 0 fully saturated rings. The van der Waals surface area contributed by atoms with Crippen molar-refractivity contribution in [2.45, 2.75) is 19.4 Å². The van der Waals surface area contributed by atoms with Crippen molar-refractivity contribution < 1.29 is 4.79 Å². The van der Waals surface area contributed by atoms with Crippen LogP contribution in [0.2, 0.25) is 0 Å². The maximum Gasteiger partial charge on any atom is 0.201 e. The van der Waals surface area contributed by atoms with E-state index in [0.717, 1.165) is 18.5 Å². The minimum Gasteiger partial charge on any atom is -0.318 e. The number of carbonyl (C=O) groups excluding carboxylic acids is 1. The van der Waals surface area contributed by atoms with Gasteiger partial charge in [-0.1, -0.05) is 42.5 Å². The molecule has 2 radical (unpaired) electrons. The maximum atomic E-state index is 11.7. The average Bonchev–Trinajstić information content (AvgIpc) is 2.41. The molecule has 2 aromatic rings. The quantitative estimate of drug-likeness (QED) is 0.655. The highest BCUT2D eigenvalue weighted by molar-refractivity contribution is 6.60. The summed E-state index contributed by atoms with van der Waals surface area (Å²) in [4.78, 5) is 13.4. The van der Waals surface area contributed by atoms with Crippen LogP contribution in [0.5, 0.6) is 0 Å². The number of hydrogen-bond donors (Lipinski definition) is 0. The van der Waals surface area contributed by atoms with E-state index in [2.05, 4.69) is 18.2 Å². The lowest BCUT2D eigenvalue weighted by Gasteiger charge is -2.28. The fraction of sp³-hybridized carbons (Fsp3) is 0.188. The van der Waals surface area contributed by atoms with Crippen molar-refractivity contribution in [1.82, 2.24) is 0 Å². The first-order valence-corrected chi connectivity index (χ1v) is 6.47. The van der Waals surface area contributed by atoms with Gasteiger partial charge in [0.2, 0.25) is 7.85 Å². The van der Waals surface area contributed by atoms with E-state index >= 15 is 0 Å². The number of amides is 1. The third kappa shape index (κ3) is 2.28. The molecule has 1 heterocycles. The SMILES string of the molecule is [B]C(=O)N1Cc2ccccc2CCc2ccccc21. The smallest absolute Gasteiger partial charge is 0.201 e. The molecule has 92 valence electrons. The Morgan fingerprint density at radius 3 is 2.21 bits per heavy atom. The van der Waals surface area contributed by atoms with E-state index in [0.29, 0.717) is 6.54 Å². The van der Waals surface area contributed by atoms with Crippen LogP contribution in [0.1, 0.15) is 16.7 Å². The van der Waals surface area contributed by atoms with Crippen LogP contribution in [0.25, 0.3) is 0 Å². The van der Waals surface area contributed by atoms with Crippen molar-refractivity contribution in [2.75, 3.05) is 4.90 Å². The molecule has 0 bridgehead atoms. The summed E-state index contributed by atoms with van der Waals surface area (Å²) in [5.74, 6) is -0.399. The highest BCUT2D eigenvalue weighted by Crippen LogP contribution is 2.28. The topological polar surface area (TPSA) is 20.3 Å². The molecule has 19 heavy (non-hydrogen) atoms. The van der Waals surface area contributed by atoms with Gasteiger partial charge in [-0.3, -0.25) is 4.79 Å². The third-order valence-corrected chi connectivity index (χ3v) is 3.66. The number of carbonyl (C=O) groups is 1. The predicted molar refractivity (Wildman–Crippen MR) is 77.6 cm³/mol. The van der Waals surface area contributed by atoms with E-state index < -0.39 is 5.81 Å². The first-order valence-electron chi connectivity index (χ1n) is 6.47. The van der Waals surface area contributed by atoms with E-state index in [1.54, 1.807) is 4.90 Å². The molecular formula is C16H14BNO. The lowest BCUT2D eigenvalue weighted by atomic mass is 9.94. The molecule has 1 amide bonds. The third-order valence-electron chi connectivity index (χ3n) is 3.66. The van der Waals surface area contributed by atoms with E-state index in [9.17, 15) is 4.79 Å². The number of anilines is 1. The van der Waals surface area contributed by atoms with Gasteiger partial charge in [0.25, 0.3) is 0 Å². The molecule has 1 aliphatic rings. The minimum atomic E-state index is -0.399. The fourth-order valence-corrected chi connectivity index (χ4v) is 2.66. The van der Waals surface area contributed by atoms with Gasteiger partial charge < -0.3 is 4.90 Å². The van der Waals surface area contributed by atoms with Gasteiger partial charge in [-0.25, -0.2) is 0 Å². The van der Waals surface area contributed by atoms with Crippen molar-refractivity contribution >= 4 is 19.3 Å². The van der Waals surface area contributed by atoms with Gasteiger partial charge >= 0.3 is 0 Å². The fourth-order valence-electron chi connectivity index (χ4n) is 2.66. The second-order valence-electron chi connectivity index (χ2n) is 4.82. The zero-order chi connectivity index (χ0) is 13.2. The van der Waals surface area contributed by atoms with Gasteiger partial charge in [0, 0.05) is 5.69 Å². The molecule has 2 nitrogen and oxygen atoms in total. The molecule has 2 aromatic carbocycles. The van der Waals surface area contributed by atoms with Crippen LogP contribution in [0, 0.1) is 0 Å². The van der Waals surface area contributed by atoms with Crippen LogP contribution in [0.15, 0.2) is 48.5 Å². The molecule has 0 N–H and O–H groups in total. The van der Waals surface area contributed by atoms with Crippen molar-refractivity contribution in [3.63, 3.8) is 0 Å². The number of hydrogen-bond acceptors (Lipinski definition) is 1. The van der Waals surface area contributed by atoms with Crippen LogP contribution in [-0.2, 0) is 19.4 Å². The van der Waals surface area contributed by atoms with Gasteiger partial charge in [-0.15, -0.1) is 0 Å². The number of rotatable bonds is 0. The van der Waals surface area contributed by atoms with Crippen LogP contribution < -0.4 is 4.90 Å². The summed E-state index contributed by atoms with van der Waals surface area (Å²) in [6.45, 7) is 0.544. The van der Waals surface area contributed by atoms with Gasteiger partial charge in [0.15, 0.2) is 5.81 Å². The van der Waals surface area contributed by atoms with Gasteiger partial charge in [0.05, 0.1) is 6.54 Å².